The summed E-state index contributed by atoms with van der Waals surface area (Å²) in [5, 5.41) is 14.1. The molecule has 0 saturated heterocycles. The Labute approximate surface area is 209 Å². The van der Waals surface area contributed by atoms with Gasteiger partial charge in [0.05, 0.1) is 23.6 Å². The van der Waals surface area contributed by atoms with Crippen molar-refractivity contribution >= 4 is 56.2 Å². The van der Waals surface area contributed by atoms with Crippen molar-refractivity contribution in [2.24, 2.45) is 0 Å². The number of allylic oxidation sites excluding steroid dienone is 1. The Kier molecular flexibility index (Phi) is 7.63. The summed E-state index contributed by atoms with van der Waals surface area (Å²) in [6.45, 7) is 6.37. The van der Waals surface area contributed by atoms with Crippen LogP contribution < -0.4 is 10.5 Å². The molecule has 1 amide bonds. The fraction of sp³-hybridized carbons (Fsp3) is 0.200. The minimum absolute atomic E-state index is 0.0948. The van der Waals surface area contributed by atoms with E-state index in [1.54, 1.807) is 26.9 Å². The summed E-state index contributed by atoms with van der Waals surface area (Å²) in [4.78, 5) is 34.6. The first-order valence-corrected chi connectivity index (χ1v) is 13.3. The Balaban J connectivity index is 1.64. The Morgan fingerprint density at radius 2 is 2.09 bits per heavy atom. The number of hydrogen-bond acceptors (Lipinski definition) is 7. The number of hydrogen-bond donors (Lipinski definition) is 0. The zero-order chi connectivity index (χ0) is 24.1. The highest BCUT2D eigenvalue weighted by molar-refractivity contribution is 7.99. The van der Waals surface area contributed by atoms with E-state index in [4.69, 9.17) is 10.2 Å². The van der Waals surface area contributed by atoms with Crippen LogP contribution in [-0.2, 0) is 11.3 Å². The molecule has 0 radical (unpaired) electrons. The number of carbonyl (C=O) groups excluding carboxylic acids is 1. The molecule has 1 aromatic carbocycles. The zero-order valence-electron chi connectivity index (χ0n) is 18.6. The van der Waals surface area contributed by atoms with Gasteiger partial charge in [0.2, 0.25) is 5.91 Å². The van der Waals surface area contributed by atoms with E-state index < -0.39 is 0 Å². The number of amides is 1. The van der Waals surface area contributed by atoms with Gasteiger partial charge in [0, 0.05) is 34.6 Å². The summed E-state index contributed by atoms with van der Waals surface area (Å²) in [5.74, 6) is -0.0496. The third-order valence-corrected chi connectivity index (χ3v) is 7.91. The van der Waals surface area contributed by atoms with Crippen molar-refractivity contribution in [2.45, 2.75) is 25.0 Å². The van der Waals surface area contributed by atoms with Gasteiger partial charge in [-0.05, 0) is 30.5 Å². The maximum absolute atomic E-state index is 13.4. The lowest BCUT2D eigenvalue weighted by molar-refractivity contribution is -0.116. The molecule has 0 fully saturated rings. The van der Waals surface area contributed by atoms with E-state index in [9.17, 15) is 9.59 Å². The molecule has 0 spiro atoms. The smallest absolute Gasteiger partial charge is 0.263 e. The molecule has 0 bridgehead atoms. The summed E-state index contributed by atoms with van der Waals surface area (Å²) in [5.41, 5.74) is 2.59. The van der Waals surface area contributed by atoms with Crippen molar-refractivity contribution in [3.05, 3.63) is 75.7 Å². The van der Waals surface area contributed by atoms with Gasteiger partial charge in [-0.2, -0.15) is 5.26 Å². The van der Waals surface area contributed by atoms with Crippen LogP contribution in [0.2, 0.25) is 0 Å². The number of aryl methyl sites for hydroxylation is 1. The predicted molar refractivity (Wildman–Crippen MR) is 142 cm³/mol. The van der Waals surface area contributed by atoms with Crippen LogP contribution in [0.1, 0.15) is 12.0 Å². The third-order valence-electron chi connectivity index (χ3n) is 5.18. The number of thioether (sulfide) groups is 1. The zero-order valence-corrected chi connectivity index (χ0v) is 21.0. The molecule has 0 aliphatic carbocycles. The molecule has 172 valence electrons. The third kappa shape index (κ3) is 4.99. The number of fused-ring (bicyclic) bond motifs is 1. The van der Waals surface area contributed by atoms with Crippen LogP contribution >= 0.6 is 34.4 Å². The average Bonchev–Trinajstić information content (AvgIpc) is 3.51. The number of benzene rings is 1. The van der Waals surface area contributed by atoms with Gasteiger partial charge >= 0.3 is 0 Å². The van der Waals surface area contributed by atoms with Crippen molar-refractivity contribution in [1.29, 1.82) is 5.26 Å². The lowest BCUT2D eigenvalue weighted by Crippen LogP contribution is -2.33. The summed E-state index contributed by atoms with van der Waals surface area (Å²) in [6, 6.07) is 13.7. The number of nitrogens with zero attached hydrogens (tertiary/aromatic N) is 4. The minimum atomic E-state index is -0.144. The lowest BCUT2D eigenvalue weighted by Gasteiger charge is -2.22. The van der Waals surface area contributed by atoms with Crippen molar-refractivity contribution in [2.75, 3.05) is 17.2 Å². The fourth-order valence-electron chi connectivity index (χ4n) is 3.51. The Hall–Kier alpha value is -3.19. The second-order valence-electron chi connectivity index (χ2n) is 7.48. The van der Waals surface area contributed by atoms with E-state index >= 15 is 0 Å². The molecule has 0 aliphatic heterocycles. The minimum Gasteiger partial charge on any atom is -0.311 e. The summed E-state index contributed by atoms with van der Waals surface area (Å²) in [6.07, 6.45) is 1.89. The maximum atomic E-state index is 13.4. The highest BCUT2D eigenvalue weighted by Gasteiger charge is 2.20. The number of aromatic nitrogens is 2. The van der Waals surface area contributed by atoms with Gasteiger partial charge in [0.15, 0.2) is 5.16 Å². The average molecular weight is 507 g/mol. The molecular weight excluding hydrogens is 485 g/mol. The lowest BCUT2D eigenvalue weighted by atomic mass is 10.2. The number of thiophene rings is 2. The van der Waals surface area contributed by atoms with E-state index in [1.807, 2.05) is 54.1 Å². The Morgan fingerprint density at radius 3 is 2.76 bits per heavy atom. The van der Waals surface area contributed by atoms with E-state index in [2.05, 4.69) is 12.6 Å². The highest BCUT2D eigenvalue weighted by atomic mass is 32.2. The molecule has 34 heavy (non-hydrogen) atoms. The molecule has 9 heteroatoms. The largest absolute Gasteiger partial charge is 0.311 e. The van der Waals surface area contributed by atoms with Crippen LogP contribution in [-0.4, -0.2) is 27.8 Å². The molecule has 3 aromatic heterocycles. The topological polar surface area (TPSA) is 79.0 Å². The summed E-state index contributed by atoms with van der Waals surface area (Å²) in [7, 11) is 0. The van der Waals surface area contributed by atoms with Crippen molar-refractivity contribution in [3.63, 3.8) is 0 Å². The molecule has 0 atom stereocenters. The molecule has 0 saturated carbocycles. The van der Waals surface area contributed by atoms with Crippen LogP contribution in [0.4, 0.5) is 5.69 Å². The molecule has 0 aliphatic rings. The maximum Gasteiger partial charge on any atom is 0.263 e. The second-order valence-corrected chi connectivity index (χ2v) is 10.2. The number of carbonyl (C=O) groups is 1. The standard InChI is InChI=1S/C25H22N4O2S3/c1-3-12-29-24(31)22-19(20-6-4-14-32-20)15-33-23(22)27-25(29)34-16-21(30)28(13-5-11-26)18-9-7-17(2)8-10-18/h3-4,6-10,14-15H,1,5,12-13,16H2,2H3. The van der Waals surface area contributed by atoms with E-state index in [0.29, 0.717) is 28.5 Å². The van der Waals surface area contributed by atoms with Crippen LogP contribution in [0.25, 0.3) is 20.7 Å². The molecule has 4 aromatic rings. The number of rotatable bonds is 9. The molecule has 3 heterocycles. The van der Waals surface area contributed by atoms with Crippen LogP contribution in [0.3, 0.4) is 0 Å². The van der Waals surface area contributed by atoms with Crippen LogP contribution in [0.5, 0.6) is 0 Å². The van der Waals surface area contributed by atoms with Crippen LogP contribution in [0, 0.1) is 18.3 Å². The van der Waals surface area contributed by atoms with Gasteiger partial charge in [-0.25, -0.2) is 4.98 Å². The van der Waals surface area contributed by atoms with Gasteiger partial charge in [-0.3, -0.25) is 14.2 Å². The molecule has 0 unspecified atom stereocenters. The van der Waals surface area contributed by atoms with Crippen molar-refractivity contribution < 1.29 is 4.79 Å². The highest BCUT2D eigenvalue weighted by Crippen LogP contribution is 2.34. The normalized spacial score (nSPS) is 10.8. The fourth-order valence-corrected chi connectivity index (χ4v) is 6.20. The molecule has 6 nitrogen and oxygen atoms in total. The van der Waals surface area contributed by atoms with Crippen molar-refractivity contribution in [3.8, 4) is 16.5 Å². The predicted octanol–water partition coefficient (Wildman–Crippen LogP) is 5.72. The van der Waals surface area contributed by atoms with Gasteiger partial charge in [-0.15, -0.1) is 29.3 Å². The summed E-state index contributed by atoms with van der Waals surface area (Å²) < 4.78 is 1.57. The van der Waals surface area contributed by atoms with E-state index in [-0.39, 0.29) is 23.6 Å². The monoisotopic (exact) mass is 506 g/mol. The Bertz CT molecular complexity index is 1410. The van der Waals surface area contributed by atoms with Gasteiger partial charge in [-0.1, -0.05) is 41.6 Å². The van der Waals surface area contributed by atoms with Gasteiger partial charge < -0.3 is 4.90 Å². The molecular formula is C25H22N4O2S3. The Morgan fingerprint density at radius 1 is 1.29 bits per heavy atom. The summed E-state index contributed by atoms with van der Waals surface area (Å²) >= 11 is 4.24. The van der Waals surface area contributed by atoms with Crippen molar-refractivity contribution in [1.82, 2.24) is 9.55 Å². The first-order chi connectivity index (χ1) is 16.5. The quantitative estimate of drug-likeness (QED) is 0.165. The van der Waals surface area contributed by atoms with E-state index in [0.717, 1.165) is 21.7 Å². The number of anilines is 1. The first-order valence-electron chi connectivity index (χ1n) is 10.6. The molecule has 0 N–H and O–H groups in total. The number of nitriles is 1. The van der Waals surface area contributed by atoms with Gasteiger partial charge in [0.25, 0.3) is 5.56 Å². The first kappa shape index (κ1) is 24.0. The second kappa shape index (κ2) is 10.8. The SMILES string of the molecule is C=CCn1c(SCC(=O)N(CCC#N)c2ccc(C)cc2)nc2scc(-c3cccs3)c2c1=O. The van der Waals surface area contributed by atoms with Crippen LogP contribution in [0.15, 0.2) is 69.8 Å². The molecule has 4 rings (SSSR count). The van der Waals surface area contributed by atoms with E-state index in [1.165, 1.54) is 23.1 Å². The van der Waals surface area contributed by atoms with Gasteiger partial charge in [0.1, 0.15) is 4.83 Å².